The minimum absolute atomic E-state index is 0.294. The Morgan fingerprint density at radius 3 is 2.28 bits per heavy atom. The Morgan fingerprint density at radius 1 is 0.862 bits per heavy atom. The Labute approximate surface area is 178 Å². The molecule has 0 saturated heterocycles. The van der Waals surface area contributed by atoms with Gasteiger partial charge in [0.1, 0.15) is 5.70 Å². The average molecular weight is 420 g/mol. The maximum absolute atomic E-state index is 13.0. The van der Waals surface area contributed by atoms with Gasteiger partial charge in [0.15, 0.2) is 5.84 Å². The summed E-state index contributed by atoms with van der Waals surface area (Å²) in [5.74, 6) is 0.140. The van der Waals surface area contributed by atoms with Crippen molar-refractivity contribution in [2.24, 2.45) is 10.1 Å². The maximum Gasteiger partial charge on any atom is 0.298 e. The summed E-state index contributed by atoms with van der Waals surface area (Å²) in [6.07, 6.45) is 3.27. The molecule has 0 fully saturated rings. The maximum atomic E-state index is 13.0. The topological polar surface area (TPSA) is 45.0 Å². The monoisotopic (exact) mass is 419 g/mol. The lowest BCUT2D eigenvalue weighted by molar-refractivity contribution is -0.122. The van der Waals surface area contributed by atoms with Crippen LogP contribution in [0, 0.1) is 0 Å². The molecule has 0 saturated carbocycles. The second-order valence-electron chi connectivity index (χ2n) is 6.27. The van der Waals surface area contributed by atoms with Crippen molar-refractivity contribution in [1.29, 1.82) is 0 Å². The smallest absolute Gasteiger partial charge is 0.265 e. The third-order valence-electron chi connectivity index (χ3n) is 4.26. The van der Waals surface area contributed by atoms with Gasteiger partial charge in [0.25, 0.3) is 5.91 Å². The molecule has 1 heterocycles. The second kappa shape index (κ2) is 8.43. The molecular weight excluding hydrogens is 405 g/mol. The van der Waals surface area contributed by atoms with Crippen LogP contribution in [-0.4, -0.2) is 23.0 Å². The number of rotatable bonds is 4. The van der Waals surface area contributed by atoms with Crippen LogP contribution in [0.15, 0.2) is 94.7 Å². The van der Waals surface area contributed by atoms with Crippen LogP contribution in [0.25, 0.3) is 6.08 Å². The number of halogens is 2. The van der Waals surface area contributed by atoms with Crippen molar-refractivity contribution < 1.29 is 4.79 Å². The van der Waals surface area contributed by atoms with Crippen molar-refractivity contribution in [3.05, 3.63) is 111 Å². The quantitative estimate of drug-likeness (QED) is 0.397. The Kier molecular flexibility index (Phi) is 5.56. The van der Waals surface area contributed by atoms with Gasteiger partial charge in [-0.3, -0.25) is 4.79 Å². The molecule has 29 heavy (non-hydrogen) atoms. The molecule has 142 valence electrons. The van der Waals surface area contributed by atoms with Gasteiger partial charge in [-0.2, -0.15) is 10.1 Å². The molecule has 4 nitrogen and oxygen atoms in total. The normalized spacial score (nSPS) is 15.4. The molecule has 1 aliphatic rings. The van der Waals surface area contributed by atoms with E-state index in [0.717, 1.165) is 11.1 Å². The zero-order valence-corrected chi connectivity index (χ0v) is 16.7. The number of hydrazone groups is 1. The zero-order valence-electron chi connectivity index (χ0n) is 15.2. The third kappa shape index (κ3) is 4.29. The molecule has 3 aromatic rings. The fraction of sp³-hybridized carbons (Fsp3) is 0. The number of hydrogen-bond donors (Lipinski definition) is 0. The highest BCUT2D eigenvalue weighted by Gasteiger charge is 2.31. The predicted molar refractivity (Wildman–Crippen MR) is 118 cm³/mol. The third-order valence-corrected chi connectivity index (χ3v) is 4.86. The lowest BCUT2D eigenvalue weighted by atomic mass is 10.2. The van der Waals surface area contributed by atoms with Crippen LogP contribution in [0.4, 0.5) is 0 Å². The molecule has 0 N–H and O–H groups in total. The van der Waals surface area contributed by atoms with Crippen LogP contribution < -0.4 is 0 Å². The van der Waals surface area contributed by atoms with Gasteiger partial charge in [-0.25, -0.2) is 4.99 Å². The Bertz CT molecular complexity index is 1140. The van der Waals surface area contributed by atoms with Crippen LogP contribution in [0.3, 0.4) is 0 Å². The van der Waals surface area contributed by atoms with Gasteiger partial charge >= 0.3 is 0 Å². The summed E-state index contributed by atoms with van der Waals surface area (Å²) in [6, 6.07) is 23.9. The van der Waals surface area contributed by atoms with E-state index in [0.29, 0.717) is 27.1 Å². The number of carbonyl (C=O) groups excluding carboxylic acids is 1. The van der Waals surface area contributed by atoms with Crippen molar-refractivity contribution in [3.8, 4) is 0 Å². The summed E-state index contributed by atoms with van der Waals surface area (Å²) in [4.78, 5) is 17.6. The largest absolute Gasteiger partial charge is 0.298 e. The predicted octanol–water partition coefficient (Wildman–Crippen LogP) is 5.66. The zero-order chi connectivity index (χ0) is 20.2. The summed E-state index contributed by atoms with van der Waals surface area (Å²) >= 11 is 12.1. The highest BCUT2D eigenvalue weighted by atomic mass is 35.5. The van der Waals surface area contributed by atoms with E-state index < -0.39 is 0 Å². The first kappa shape index (κ1) is 19.1. The Hall–Kier alpha value is -3.21. The van der Waals surface area contributed by atoms with Crippen LogP contribution >= 0.6 is 23.2 Å². The first-order chi connectivity index (χ1) is 14.1. The molecule has 0 spiro atoms. The number of hydrogen-bond acceptors (Lipinski definition) is 3. The number of carbonyl (C=O) groups is 1. The summed E-state index contributed by atoms with van der Waals surface area (Å²) in [7, 11) is 0. The summed E-state index contributed by atoms with van der Waals surface area (Å²) in [5.41, 5.74) is 2.62. The van der Waals surface area contributed by atoms with Crippen molar-refractivity contribution in [2.75, 3.05) is 0 Å². The molecule has 4 rings (SSSR count). The molecule has 0 aromatic heterocycles. The fourth-order valence-corrected chi connectivity index (χ4v) is 3.12. The summed E-state index contributed by atoms with van der Waals surface area (Å²) in [6.45, 7) is 0. The highest BCUT2D eigenvalue weighted by molar-refractivity contribution is 6.33. The highest BCUT2D eigenvalue weighted by Crippen LogP contribution is 2.23. The molecular formula is C23H15Cl2N3O. The van der Waals surface area contributed by atoms with Crippen LogP contribution in [-0.2, 0) is 4.79 Å². The number of benzene rings is 3. The molecule has 0 bridgehead atoms. The van der Waals surface area contributed by atoms with E-state index in [9.17, 15) is 4.79 Å². The Balaban J connectivity index is 1.73. The minimum Gasteiger partial charge on any atom is -0.265 e. The number of nitrogens with zero attached hydrogens (tertiary/aromatic N) is 3. The van der Waals surface area contributed by atoms with Crippen molar-refractivity contribution in [1.82, 2.24) is 5.01 Å². The molecule has 6 heteroatoms. The first-order valence-corrected chi connectivity index (χ1v) is 9.62. The van der Waals surface area contributed by atoms with Crippen LogP contribution in [0.1, 0.15) is 16.7 Å². The second-order valence-corrected chi connectivity index (χ2v) is 7.11. The van der Waals surface area contributed by atoms with Gasteiger partial charge in [0.2, 0.25) is 0 Å². The first-order valence-electron chi connectivity index (χ1n) is 8.86. The standard InChI is InChI=1S/C23H15Cl2N3O/c24-19-12-10-16(11-13-19)14-21-23(29)28(22(27-21)17-6-2-1-3-7-17)26-15-18-8-4-5-9-20(18)25/h1-15H/b21-14-,26-15+. The van der Waals surface area contributed by atoms with E-state index in [1.165, 1.54) is 5.01 Å². The molecule has 0 atom stereocenters. The lowest BCUT2D eigenvalue weighted by Gasteiger charge is -2.12. The SMILES string of the molecule is O=C1/C(=C/c2ccc(Cl)cc2)N=C(c2ccccc2)N1/N=C/c1ccccc1Cl. The molecule has 0 radical (unpaired) electrons. The van der Waals surface area contributed by atoms with Gasteiger partial charge in [0, 0.05) is 21.2 Å². The number of amidine groups is 1. The average Bonchev–Trinajstić information content (AvgIpc) is 3.05. The van der Waals surface area contributed by atoms with Crippen molar-refractivity contribution >= 4 is 47.2 Å². The van der Waals surface area contributed by atoms with Gasteiger partial charge in [-0.1, -0.05) is 83.9 Å². The van der Waals surface area contributed by atoms with E-state index in [2.05, 4.69) is 10.1 Å². The van der Waals surface area contributed by atoms with Gasteiger partial charge in [-0.05, 0) is 29.8 Å². The molecule has 1 aliphatic heterocycles. The van der Waals surface area contributed by atoms with E-state index >= 15 is 0 Å². The molecule has 1 amide bonds. The van der Waals surface area contributed by atoms with E-state index in [1.807, 2.05) is 60.7 Å². The van der Waals surface area contributed by atoms with Gasteiger partial charge in [0.05, 0.1) is 6.21 Å². The van der Waals surface area contributed by atoms with Crippen LogP contribution in [0.5, 0.6) is 0 Å². The van der Waals surface area contributed by atoms with Crippen molar-refractivity contribution in [3.63, 3.8) is 0 Å². The minimum atomic E-state index is -0.317. The summed E-state index contributed by atoms with van der Waals surface area (Å²) in [5, 5.41) is 6.86. The molecule has 0 aliphatic carbocycles. The van der Waals surface area contributed by atoms with E-state index in [-0.39, 0.29) is 5.91 Å². The fourth-order valence-electron chi connectivity index (χ4n) is 2.81. The number of aliphatic imine (C=N–C) groups is 1. The lowest BCUT2D eigenvalue weighted by Crippen LogP contribution is -2.27. The van der Waals surface area contributed by atoms with Crippen molar-refractivity contribution in [2.45, 2.75) is 0 Å². The van der Waals surface area contributed by atoms with E-state index in [4.69, 9.17) is 23.2 Å². The summed E-state index contributed by atoms with van der Waals surface area (Å²) < 4.78 is 0. The van der Waals surface area contributed by atoms with Crippen LogP contribution in [0.2, 0.25) is 10.0 Å². The van der Waals surface area contributed by atoms with Gasteiger partial charge < -0.3 is 0 Å². The molecule has 0 unspecified atom stereocenters. The number of amides is 1. The molecule has 3 aromatic carbocycles. The Morgan fingerprint density at radius 2 is 1.55 bits per heavy atom. The van der Waals surface area contributed by atoms with E-state index in [1.54, 1.807) is 30.5 Å². The van der Waals surface area contributed by atoms with Gasteiger partial charge in [-0.15, -0.1) is 0 Å².